The number of anilines is 2. The number of aromatic nitrogens is 2. The quantitative estimate of drug-likeness (QED) is 0.765. The highest BCUT2D eigenvalue weighted by Gasteiger charge is 2.10. The lowest BCUT2D eigenvalue weighted by Crippen LogP contribution is -2.28. The molecule has 0 atom stereocenters. The lowest BCUT2D eigenvalue weighted by molar-refractivity contribution is 0.0947. The van der Waals surface area contributed by atoms with E-state index >= 15 is 0 Å². The molecule has 0 radical (unpaired) electrons. The van der Waals surface area contributed by atoms with E-state index in [1.54, 1.807) is 6.07 Å². The Morgan fingerprint density at radius 3 is 2.67 bits per heavy atom. The van der Waals surface area contributed by atoms with Crippen molar-refractivity contribution >= 4 is 17.5 Å². The predicted octanol–water partition coefficient (Wildman–Crippen LogP) is 2.52. The maximum atomic E-state index is 12.3. The molecule has 6 heteroatoms. The van der Waals surface area contributed by atoms with Crippen LogP contribution < -0.4 is 10.6 Å². The first kappa shape index (κ1) is 17.9. The van der Waals surface area contributed by atoms with Crippen molar-refractivity contribution in [3.8, 4) is 0 Å². The van der Waals surface area contributed by atoms with E-state index in [1.807, 2.05) is 52.2 Å². The van der Waals surface area contributed by atoms with E-state index in [0.29, 0.717) is 18.2 Å². The molecule has 0 saturated carbocycles. The van der Waals surface area contributed by atoms with Gasteiger partial charge in [-0.1, -0.05) is 12.1 Å². The fourth-order valence-electron chi connectivity index (χ4n) is 2.28. The second-order valence-electron chi connectivity index (χ2n) is 6.13. The zero-order valence-corrected chi connectivity index (χ0v) is 14.8. The summed E-state index contributed by atoms with van der Waals surface area (Å²) in [6.45, 7) is 5.44. The third-order valence-corrected chi connectivity index (χ3v) is 3.43. The van der Waals surface area contributed by atoms with Crippen LogP contribution in [0, 0.1) is 13.8 Å². The normalized spacial score (nSPS) is 10.7. The van der Waals surface area contributed by atoms with Gasteiger partial charge in [0.05, 0.1) is 0 Å². The Balaban J connectivity index is 2.03. The van der Waals surface area contributed by atoms with Crippen LogP contribution in [0.5, 0.6) is 0 Å². The molecule has 0 fully saturated rings. The summed E-state index contributed by atoms with van der Waals surface area (Å²) >= 11 is 0. The summed E-state index contributed by atoms with van der Waals surface area (Å²) in [6.07, 6.45) is 0.900. The van der Waals surface area contributed by atoms with Crippen molar-refractivity contribution in [3.63, 3.8) is 0 Å². The minimum Gasteiger partial charge on any atom is -0.351 e. The summed E-state index contributed by atoms with van der Waals surface area (Å²) in [5.41, 5.74) is 3.17. The molecule has 6 nitrogen and oxygen atoms in total. The van der Waals surface area contributed by atoms with Gasteiger partial charge in [-0.2, -0.15) is 0 Å². The largest absolute Gasteiger partial charge is 0.351 e. The lowest BCUT2D eigenvalue weighted by Gasteiger charge is -2.11. The van der Waals surface area contributed by atoms with E-state index < -0.39 is 0 Å². The Hall–Kier alpha value is -2.47. The molecule has 2 N–H and O–H groups in total. The van der Waals surface area contributed by atoms with Gasteiger partial charge in [-0.05, 0) is 64.7 Å². The Bertz CT molecular complexity index is 700. The summed E-state index contributed by atoms with van der Waals surface area (Å²) in [5, 5.41) is 6.05. The summed E-state index contributed by atoms with van der Waals surface area (Å²) in [5.74, 6) is 0.255. The van der Waals surface area contributed by atoms with Crippen LogP contribution in [-0.2, 0) is 0 Å². The zero-order chi connectivity index (χ0) is 17.5. The van der Waals surface area contributed by atoms with Gasteiger partial charge in [0, 0.05) is 17.9 Å². The van der Waals surface area contributed by atoms with Gasteiger partial charge in [0.25, 0.3) is 5.91 Å². The predicted molar refractivity (Wildman–Crippen MR) is 96.7 cm³/mol. The fourth-order valence-corrected chi connectivity index (χ4v) is 2.28. The highest BCUT2D eigenvalue weighted by molar-refractivity contribution is 5.92. The first-order valence-corrected chi connectivity index (χ1v) is 8.06. The Kier molecular flexibility index (Phi) is 6.26. The SMILES string of the molecule is Cc1cccc(Nc2nc(C)cc(C(=O)NCCCN(C)C)n2)c1. The minimum absolute atomic E-state index is 0.174. The van der Waals surface area contributed by atoms with Gasteiger partial charge in [0.2, 0.25) is 5.95 Å². The van der Waals surface area contributed by atoms with Crippen LogP contribution in [0.15, 0.2) is 30.3 Å². The number of hydrogen-bond donors (Lipinski definition) is 2. The molecule has 0 bridgehead atoms. The molecule has 1 aromatic heterocycles. The van der Waals surface area contributed by atoms with E-state index in [9.17, 15) is 4.79 Å². The monoisotopic (exact) mass is 327 g/mol. The first-order chi connectivity index (χ1) is 11.4. The van der Waals surface area contributed by atoms with E-state index in [0.717, 1.165) is 29.9 Å². The Labute approximate surface area is 143 Å². The second-order valence-corrected chi connectivity index (χ2v) is 6.13. The second kappa shape index (κ2) is 8.40. The third kappa shape index (κ3) is 5.62. The number of aryl methyl sites for hydroxylation is 2. The molecule has 0 spiro atoms. The summed E-state index contributed by atoms with van der Waals surface area (Å²) < 4.78 is 0. The maximum absolute atomic E-state index is 12.3. The van der Waals surface area contributed by atoms with Crippen LogP contribution in [0.25, 0.3) is 0 Å². The minimum atomic E-state index is -0.174. The van der Waals surface area contributed by atoms with Crippen LogP contribution in [0.3, 0.4) is 0 Å². The first-order valence-electron chi connectivity index (χ1n) is 8.06. The number of carbonyl (C=O) groups is 1. The number of hydrogen-bond acceptors (Lipinski definition) is 5. The van der Waals surface area contributed by atoms with Crippen LogP contribution in [0.4, 0.5) is 11.6 Å². The molecule has 0 saturated heterocycles. The molecular weight excluding hydrogens is 302 g/mol. The van der Waals surface area contributed by atoms with Crippen LogP contribution in [0.2, 0.25) is 0 Å². The number of nitrogens with zero attached hydrogens (tertiary/aromatic N) is 3. The zero-order valence-electron chi connectivity index (χ0n) is 14.8. The number of rotatable bonds is 7. The van der Waals surface area contributed by atoms with Crippen LogP contribution in [-0.4, -0.2) is 48.0 Å². The highest BCUT2D eigenvalue weighted by atomic mass is 16.1. The lowest BCUT2D eigenvalue weighted by atomic mass is 10.2. The fraction of sp³-hybridized carbons (Fsp3) is 0.389. The van der Waals surface area contributed by atoms with Gasteiger partial charge in [0.15, 0.2) is 0 Å². The Morgan fingerprint density at radius 2 is 1.96 bits per heavy atom. The summed E-state index contributed by atoms with van der Waals surface area (Å²) in [4.78, 5) is 23.0. The molecule has 24 heavy (non-hydrogen) atoms. The van der Waals surface area contributed by atoms with Crippen molar-refractivity contribution in [3.05, 3.63) is 47.3 Å². The van der Waals surface area contributed by atoms with E-state index in [-0.39, 0.29) is 5.91 Å². The van der Waals surface area contributed by atoms with Gasteiger partial charge in [0.1, 0.15) is 5.69 Å². The molecule has 1 amide bonds. The van der Waals surface area contributed by atoms with E-state index in [4.69, 9.17) is 0 Å². The summed E-state index contributed by atoms with van der Waals surface area (Å²) in [7, 11) is 4.03. The van der Waals surface area contributed by atoms with Crippen molar-refractivity contribution in [1.82, 2.24) is 20.2 Å². The highest BCUT2D eigenvalue weighted by Crippen LogP contribution is 2.15. The van der Waals surface area contributed by atoms with Crippen LogP contribution in [0.1, 0.15) is 28.2 Å². The molecule has 1 heterocycles. The van der Waals surface area contributed by atoms with Crippen LogP contribution >= 0.6 is 0 Å². The Morgan fingerprint density at radius 1 is 1.17 bits per heavy atom. The summed E-state index contributed by atoms with van der Waals surface area (Å²) in [6, 6.07) is 9.63. The molecule has 2 aromatic rings. The average molecular weight is 327 g/mol. The van der Waals surface area contributed by atoms with Crippen molar-refractivity contribution in [2.24, 2.45) is 0 Å². The topological polar surface area (TPSA) is 70.2 Å². The number of amides is 1. The molecular formula is C18H25N5O. The molecule has 2 rings (SSSR count). The molecule has 128 valence electrons. The molecule has 0 aliphatic rings. The average Bonchev–Trinajstić information content (AvgIpc) is 2.50. The van der Waals surface area contributed by atoms with E-state index in [1.165, 1.54) is 0 Å². The van der Waals surface area contributed by atoms with Crippen molar-refractivity contribution in [2.75, 3.05) is 32.5 Å². The van der Waals surface area contributed by atoms with Crippen molar-refractivity contribution in [1.29, 1.82) is 0 Å². The smallest absolute Gasteiger partial charge is 0.270 e. The number of benzene rings is 1. The number of carbonyl (C=O) groups excluding carboxylic acids is 1. The van der Waals surface area contributed by atoms with Gasteiger partial charge in [-0.3, -0.25) is 4.79 Å². The third-order valence-electron chi connectivity index (χ3n) is 3.43. The standard InChI is InChI=1S/C18H25N5O/c1-13-7-5-8-15(11-13)21-18-20-14(2)12-16(22-18)17(24)19-9-6-10-23(3)4/h5,7-8,11-12H,6,9-10H2,1-4H3,(H,19,24)(H,20,21,22). The van der Waals surface area contributed by atoms with E-state index in [2.05, 4.69) is 25.5 Å². The van der Waals surface area contributed by atoms with Gasteiger partial charge in [-0.25, -0.2) is 9.97 Å². The maximum Gasteiger partial charge on any atom is 0.270 e. The number of nitrogens with one attached hydrogen (secondary N) is 2. The van der Waals surface area contributed by atoms with Crippen molar-refractivity contribution in [2.45, 2.75) is 20.3 Å². The van der Waals surface area contributed by atoms with Gasteiger partial charge >= 0.3 is 0 Å². The molecule has 0 aliphatic heterocycles. The van der Waals surface area contributed by atoms with Gasteiger partial charge < -0.3 is 15.5 Å². The molecule has 1 aromatic carbocycles. The van der Waals surface area contributed by atoms with Gasteiger partial charge in [-0.15, -0.1) is 0 Å². The molecule has 0 aliphatic carbocycles. The molecule has 0 unspecified atom stereocenters. The van der Waals surface area contributed by atoms with Crippen molar-refractivity contribution < 1.29 is 4.79 Å².